The van der Waals surface area contributed by atoms with Gasteiger partial charge in [-0.3, -0.25) is 0 Å². The van der Waals surface area contributed by atoms with Gasteiger partial charge in [0, 0.05) is 13.1 Å². The Hall–Kier alpha value is -1.08. The van der Waals surface area contributed by atoms with Crippen molar-refractivity contribution in [2.24, 2.45) is 5.92 Å². The average molecular weight is 217 g/mol. The maximum atomic E-state index is 2.35. The van der Waals surface area contributed by atoms with Crippen molar-refractivity contribution in [3.05, 3.63) is 48.1 Å². The van der Waals surface area contributed by atoms with Gasteiger partial charge in [-0.15, -0.1) is 0 Å². The fourth-order valence-corrected chi connectivity index (χ4v) is 1.80. The van der Waals surface area contributed by atoms with Crippen molar-refractivity contribution in [3.8, 4) is 0 Å². The number of nitrogens with zero attached hydrogens (tertiary/aromatic N) is 1. The molecule has 16 heavy (non-hydrogen) atoms. The Morgan fingerprint density at radius 2 is 2.12 bits per heavy atom. The zero-order valence-electron chi connectivity index (χ0n) is 10.7. The van der Waals surface area contributed by atoms with E-state index in [1.165, 1.54) is 5.57 Å². The highest BCUT2D eigenvalue weighted by atomic mass is 15.1. The molecule has 1 nitrogen and oxygen atoms in total. The van der Waals surface area contributed by atoms with E-state index in [0.29, 0.717) is 0 Å². The molecule has 0 aromatic carbocycles. The molecule has 0 aromatic rings. The first-order chi connectivity index (χ1) is 7.68. The first-order valence-corrected chi connectivity index (χ1v) is 6.06. The third-order valence-electron chi connectivity index (χ3n) is 2.45. The van der Waals surface area contributed by atoms with E-state index in [9.17, 15) is 0 Å². The van der Waals surface area contributed by atoms with Crippen LogP contribution in [0.15, 0.2) is 48.1 Å². The quantitative estimate of drug-likeness (QED) is 0.680. The van der Waals surface area contributed by atoms with Crippen LogP contribution in [-0.4, -0.2) is 25.0 Å². The molecular formula is C15H23N. The second kappa shape index (κ2) is 7.24. The van der Waals surface area contributed by atoms with Crippen molar-refractivity contribution >= 4 is 0 Å². The molecule has 0 unspecified atom stereocenters. The topological polar surface area (TPSA) is 3.24 Å². The molecule has 1 rings (SSSR count). The maximum Gasteiger partial charge on any atom is 0.0163 e. The summed E-state index contributed by atoms with van der Waals surface area (Å²) in [5.41, 5.74) is 1.38. The molecule has 0 saturated heterocycles. The van der Waals surface area contributed by atoms with Crippen molar-refractivity contribution in [1.82, 2.24) is 4.90 Å². The molecular weight excluding hydrogens is 194 g/mol. The highest BCUT2D eigenvalue weighted by Gasteiger charge is 1.98. The van der Waals surface area contributed by atoms with Crippen molar-refractivity contribution in [3.63, 3.8) is 0 Å². The minimum atomic E-state index is 0.737. The van der Waals surface area contributed by atoms with Crippen molar-refractivity contribution in [1.29, 1.82) is 0 Å². The smallest absolute Gasteiger partial charge is 0.0163 e. The molecule has 0 bridgehead atoms. The zero-order valence-corrected chi connectivity index (χ0v) is 10.7. The van der Waals surface area contributed by atoms with E-state index >= 15 is 0 Å². The van der Waals surface area contributed by atoms with Crippen molar-refractivity contribution in [2.75, 3.05) is 20.1 Å². The van der Waals surface area contributed by atoms with E-state index in [-0.39, 0.29) is 0 Å². The van der Waals surface area contributed by atoms with E-state index < -0.39 is 0 Å². The number of allylic oxidation sites excluding steroid dienone is 7. The van der Waals surface area contributed by atoms with Crippen LogP contribution in [0, 0.1) is 5.92 Å². The van der Waals surface area contributed by atoms with Crippen LogP contribution in [-0.2, 0) is 0 Å². The van der Waals surface area contributed by atoms with Crippen molar-refractivity contribution < 1.29 is 0 Å². The van der Waals surface area contributed by atoms with E-state index in [4.69, 9.17) is 0 Å². The predicted octanol–water partition coefficient (Wildman–Crippen LogP) is 3.57. The van der Waals surface area contributed by atoms with Crippen LogP contribution in [0.2, 0.25) is 0 Å². The van der Waals surface area contributed by atoms with E-state index in [2.05, 4.69) is 68.3 Å². The molecule has 1 aliphatic carbocycles. The van der Waals surface area contributed by atoms with Gasteiger partial charge in [0.25, 0.3) is 0 Å². The molecule has 88 valence electrons. The zero-order chi connectivity index (χ0) is 11.8. The molecule has 0 fully saturated rings. The minimum absolute atomic E-state index is 0.737. The third-order valence-corrected chi connectivity index (χ3v) is 2.45. The number of hydrogen-bond donors (Lipinski definition) is 0. The number of rotatable bonds is 5. The van der Waals surface area contributed by atoms with Crippen LogP contribution in [0.25, 0.3) is 0 Å². The first-order valence-electron chi connectivity index (χ1n) is 6.06. The molecule has 1 aliphatic rings. The van der Waals surface area contributed by atoms with Gasteiger partial charge in [0.2, 0.25) is 0 Å². The Morgan fingerprint density at radius 1 is 1.31 bits per heavy atom. The lowest BCUT2D eigenvalue weighted by Gasteiger charge is -2.16. The van der Waals surface area contributed by atoms with Crippen LogP contribution < -0.4 is 0 Å². The summed E-state index contributed by atoms with van der Waals surface area (Å²) in [6.07, 6.45) is 16.2. The normalized spacial score (nSPS) is 16.2. The van der Waals surface area contributed by atoms with Gasteiger partial charge in [0.05, 0.1) is 0 Å². The molecule has 0 spiro atoms. The number of likely N-dealkylation sites (N-methyl/N-ethyl adjacent to an activating group) is 1. The lowest BCUT2D eigenvalue weighted by Crippen LogP contribution is -2.23. The summed E-state index contributed by atoms with van der Waals surface area (Å²) >= 11 is 0. The van der Waals surface area contributed by atoms with Gasteiger partial charge in [-0.2, -0.15) is 0 Å². The molecule has 0 N–H and O–H groups in total. The second-order valence-electron chi connectivity index (χ2n) is 4.78. The van der Waals surface area contributed by atoms with Crippen LogP contribution >= 0.6 is 0 Å². The Morgan fingerprint density at radius 3 is 2.88 bits per heavy atom. The summed E-state index contributed by atoms with van der Waals surface area (Å²) in [7, 11) is 2.17. The summed E-state index contributed by atoms with van der Waals surface area (Å²) in [6.45, 7) is 6.69. The lowest BCUT2D eigenvalue weighted by atomic mass is 10.1. The lowest BCUT2D eigenvalue weighted by molar-refractivity contribution is 0.324. The van der Waals surface area contributed by atoms with Gasteiger partial charge in [0.15, 0.2) is 0 Å². The maximum absolute atomic E-state index is 2.35. The van der Waals surface area contributed by atoms with Crippen LogP contribution in [0.3, 0.4) is 0 Å². The van der Waals surface area contributed by atoms with E-state index in [1.54, 1.807) is 0 Å². The SMILES string of the molecule is CC(C)CN(C)C/C=C/C1=CC=CC=CC1. The largest absolute Gasteiger partial charge is 0.302 e. The Labute approximate surface area is 99.8 Å². The fourth-order valence-electron chi connectivity index (χ4n) is 1.80. The Kier molecular flexibility index (Phi) is 5.87. The Bertz CT molecular complexity index is 305. The average Bonchev–Trinajstić information content (AvgIpc) is 2.45. The fraction of sp³-hybridized carbons (Fsp3) is 0.467. The van der Waals surface area contributed by atoms with Gasteiger partial charge in [-0.05, 0) is 25.0 Å². The monoisotopic (exact) mass is 217 g/mol. The number of hydrogen-bond acceptors (Lipinski definition) is 1. The summed E-state index contributed by atoms with van der Waals surface area (Å²) in [6, 6.07) is 0. The van der Waals surface area contributed by atoms with Crippen LogP contribution in [0.5, 0.6) is 0 Å². The molecule has 1 heteroatoms. The third kappa shape index (κ3) is 5.72. The molecule has 0 saturated carbocycles. The summed E-state index contributed by atoms with van der Waals surface area (Å²) in [4.78, 5) is 2.35. The summed E-state index contributed by atoms with van der Waals surface area (Å²) in [5, 5.41) is 0. The predicted molar refractivity (Wildman–Crippen MR) is 72.5 cm³/mol. The molecule has 0 amide bonds. The molecule has 0 aromatic heterocycles. The minimum Gasteiger partial charge on any atom is -0.302 e. The van der Waals surface area contributed by atoms with E-state index in [1.807, 2.05) is 0 Å². The van der Waals surface area contributed by atoms with Crippen LogP contribution in [0.4, 0.5) is 0 Å². The van der Waals surface area contributed by atoms with Gasteiger partial charge in [0.1, 0.15) is 0 Å². The first kappa shape index (κ1) is 13.0. The standard InChI is InChI=1S/C15H23N/c1-14(2)13-16(3)12-8-11-15-9-6-4-5-7-10-15/h4-9,11,14H,10,12-13H2,1-3H3/b11-8+. The Balaban J connectivity index is 2.34. The van der Waals surface area contributed by atoms with Gasteiger partial charge >= 0.3 is 0 Å². The van der Waals surface area contributed by atoms with Gasteiger partial charge in [-0.25, -0.2) is 0 Å². The summed E-state index contributed by atoms with van der Waals surface area (Å²) < 4.78 is 0. The molecule has 0 heterocycles. The molecule has 0 atom stereocenters. The van der Waals surface area contributed by atoms with Crippen LogP contribution in [0.1, 0.15) is 20.3 Å². The molecule has 0 radical (unpaired) electrons. The van der Waals surface area contributed by atoms with Gasteiger partial charge < -0.3 is 4.90 Å². The summed E-state index contributed by atoms with van der Waals surface area (Å²) in [5.74, 6) is 0.737. The second-order valence-corrected chi connectivity index (χ2v) is 4.78. The highest BCUT2D eigenvalue weighted by Crippen LogP contribution is 2.08. The van der Waals surface area contributed by atoms with Gasteiger partial charge in [-0.1, -0.05) is 56.4 Å². The van der Waals surface area contributed by atoms with E-state index in [0.717, 1.165) is 25.4 Å². The highest BCUT2D eigenvalue weighted by molar-refractivity contribution is 5.30. The molecule has 0 aliphatic heterocycles. The van der Waals surface area contributed by atoms with Crippen molar-refractivity contribution in [2.45, 2.75) is 20.3 Å².